The van der Waals surface area contributed by atoms with Gasteiger partial charge in [-0.1, -0.05) is 0 Å². The number of piperidine rings is 1. The molecule has 3 rings (SSSR count). The summed E-state index contributed by atoms with van der Waals surface area (Å²) < 4.78 is 40.4. The van der Waals surface area contributed by atoms with Gasteiger partial charge in [0.2, 0.25) is 0 Å². The summed E-state index contributed by atoms with van der Waals surface area (Å²) in [5, 5.41) is 7.55. The molecule has 1 N–H and O–H groups in total. The Labute approximate surface area is 109 Å². The fourth-order valence-corrected chi connectivity index (χ4v) is 2.93. The van der Waals surface area contributed by atoms with Gasteiger partial charge in [0.25, 0.3) is 0 Å². The van der Waals surface area contributed by atoms with E-state index >= 15 is 0 Å². The molecule has 2 aliphatic rings. The molecule has 0 saturated carbocycles. The third-order valence-corrected chi connectivity index (χ3v) is 3.99. The van der Waals surface area contributed by atoms with E-state index in [0.717, 1.165) is 25.9 Å². The van der Waals surface area contributed by atoms with Crippen LogP contribution in [0.3, 0.4) is 0 Å². The first-order valence-corrected chi connectivity index (χ1v) is 6.78. The fourth-order valence-electron chi connectivity index (χ4n) is 2.93. The van der Waals surface area contributed by atoms with E-state index in [4.69, 9.17) is 0 Å². The van der Waals surface area contributed by atoms with Crippen LogP contribution in [0, 0.1) is 0 Å². The Morgan fingerprint density at radius 3 is 2.58 bits per heavy atom. The molecular weight excluding hydrogens is 257 g/mol. The van der Waals surface area contributed by atoms with Crippen molar-refractivity contribution in [3.63, 3.8) is 0 Å². The Morgan fingerprint density at radius 1 is 1.16 bits per heavy atom. The van der Waals surface area contributed by atoms with Gasteiger partial charge in [0.05, 0.1) is 0 Å². The molecule has 106 valence electrons. The van der Waals surface area contributed by atoms with Crippen LogP contribution in [0.25, 0.3) is 0 Å². The van der Waals surface area contributed by atoms with Gasteiger partial charge in [0.15, 0.2) is 5.82 Å². The number of nitrogens with zero attached hydrogens (tertiary/aromatic N) is 3. The van der Waals surface area contributed by atoms with Crippen molar-refractivity contribution in [1.29, 1.82) is 0 Å². The minimum atomic E-state index is -4.21. The van der Waals surface area contributed by atoms with Crippen LogP contribution in [-0.2, 0) is 6.54 Å². The van der Waals surface area contributed by atoms with Gasteiger partial charge in [-0.15, -0.1) is 0 Å². The van der Waals surface area contributed by atoms with E-state index < -0.39 is 12.1 Å². The monoisotopic (exact) mass is 274 g/mol. The average molecular weight is 274 g/mol. The fraction of sp³-hybridized carbons (Fsp3) is 0.833. The van der Waals surface area contributed by atoms with Crippen molar-refractivity contribution in [2.45, 2.75) is 50.2 Å². The van der Waals surface area contributed by atoms with Crippen LogP contribution in [-0.4, -0.2) is 34.0 Å². The zero-order chi connectivity index (χ0) is 13.5. The maximum absolute atomic E-state index is 13.0. The molecule has 19 heavy (non-hydrogen) atoms. The van der Waals surface area contributed by atoms with Crippen LogP contribution >= 0.6 is 0 Å². The lowest BCUT2D eigenvalue weighted by atomic mass is 9.97. The zero-order valence-electron chi connectivity index (χ0n) is 10.6. The highest BCUT2D eigenvalue weighted by molar-refractivity contribution is 5.09. The first-order valence-electron chi connectivity index (χ1n) is 6.78. The Hall–Kier alpha value is -1.11. The van der Waals surface area contributed by atoms with Crippen molar-refractivity contribution in [3.05, 3.63) is 11.6 Å². The normalized spacial score (nSPS) is 25.3. The molecule has 3 heterocycles. The predicted octanol–water partition coefficient (Wildman–Crippen LogP) is 2.18. The van der Waals surface area contributed by atoms with E-state index in [0.29, 0.717) is 18.8 Å². The average Bonchev–Trinajstić information content (AvgIpc) is 2.82. The van der Waals surface area contributed by atoms with Crippen molar-refractivity contribution >= 4 is 0 Å². The molecule has 0 radical (unpaired) electrons. The van der Waals surface area contributed by atoms with E-state index in [1.165, 1.54) is 4.68 Å². The van der Waals surface area contributed by atoms with Crippen LogP contribution in [0.4, 0.5) is 13.2 Å². The Balaban J connectivity index is 1.88. The number of alkyl halides is 3. The third kappa shape index (κ3) is 2.48. The molecule has 0 aromatic carbocycles. The molecule has 1 fully saturated rings. The quantitative estimate of drug-likeness (QED) is 0.853. The van der Waals surface area contributed by atoms with Gasteiger partial charge in [-0.2, -0.15) is 18.3 Å². The smallest absolute Gasteiger partial charge is 0.317 e. The molecule has 1 saturated heterocycles. The number of nitrogens with one attached hydrogen (secondary N) is 1. The number of hydrogen-bond acceptors (Lipinski definition) is 3. The number of rotatable bonds is 1. The van der Waals surface area contributed by atoms with E-state index in [1.54, 1.807) is 0 Å². The Bertz CT molecular complexity index is 448. The second kappa shape index (κ2) is 4.77. The van der Waals surface area contributed by atoms with Crippen LogP contribution in [0.2, 0.25) is 0 Å². The van der Waals surface area contributed by atoms with E-state index in [9.17, 15) is 13.2 Å². The molecule has 2 aliphatic heterocycles. The highest BCUT2D eigenvalue weighted by Crippen LogP contribution is 2.40. The lowest BCUT2D eigenvalue weighted by Crippen LogP contribution is -2.28. The van der Waals surface area contributed by atoms with Gasteiger partial charge in [0.1, 0.15) is 11.7 Å². The molecule has 1 unspecified atom stereocenters. The van der Waals surface area contributed by atoms with E-state index in [-0.39, 0.29) is 18.2 Å². The van der Waals surface area contributed by atoms with Crippen LogP contribution in [0.15, 0.2) is 0 Å². The van der Waals surface area contributed by atoms with Crippen molar-refractivity contribution in [3.8, 4) is 0 Å². The minimum Gasteiger partial charge on any atom is -0.317 e. The predicted molar refractivity (Wildman–Crippen MR) is 62.9 cm³/mol. The van der Waals surface area contributed by atoms with Crippen molar-refractivity contribution < 1.29 is 13.2 Å². The molecule has 0 aliphatic carbocycles. The summed E-state index contributed by atoms with van der Waals surface area (Å²) in [7, 11) is 0. The molecule has 1 atom stereocenters. The largest absolute Gasteiger partial charge is 0.398 e. The summed E-state index contributed by atoms with van der Waals surface area (Å²) in [6, 6.07) is 0. The standard InChI is InChI=1S/C12H17F3N4/c13-12(14,15)9-2-1-7-19-11(9)17-10(18-19)8-3-5-16-6-4-8/h8-9,16H,1-7H2. The van der Waals surface area contributed by atoms with Crippen LogP contribution in [0.1, 0.15) is 49.2 Å². The van der Waals surface area contributed by atoms with E-state index in [1.807, 2.05) is 0 Å². The summed E-state index contributed by atoms with van der Waals surface area (Å²) in [5.41, 5.74) is 0. The first-order chi connectivity index (χ1) is 9.05. The number of fused-ring (bicyclic) bond motifs is 1. The number of aromatic nitrogens is 3. The van der Waals surface area contributed by atoms with Crippen molar-refractivity contribution in [1.82, 2.24) is 20.1 Å². The van der Waals surface area contributed by atoms with Gasteiger partial charge < -0.3 is 5.32 Å². The minimum absolute atomic E-state index is 0.118. The van der Waals surface area contributed by atoms with Gasteiger partial charge in [-0.3, -0.25) is 0 Å². The molecule has 0 spiro atoms. The maximum Gasteiger partial charge on any atom is 0.398 e. The Morgan fingerprint density at radius 2 is 1.89 bits per heavy atom. The van der Waals surface area contributed by atoms with Crippen LogP contribution < -0.4 is 5.32 Å². The lowest BCUT2D eigenvalue weighted by Gasteiger charge is -2.23. The summed E-state index contributed by atoms with van der Waals surface area (Å²) >= 11 is 0. The van der Waals surface area contributed by atoms with Gasteiger partial charge in [-0.05, 0) is 38.8 Å². The summed E-state index contributed by atoms with van der Waals surface area (Å²) in [4.78, 5) is 4.23. The summed E-state index contributed by atoms with van der Waals surface area (Å²) in [6.07, 6.45) is -1.75. The molecule has 1 aromatic rings. The summed E-state index contributed by atoms with van der Waals surface area (Å²) in [5.74, 6) is -0.516. The van der Waals surface area contributed by atoms with Gasteiger partial charge >= 0.3 is 6.18 Å². The molecule has 4 nitrogen and oxygen atoms in total. The second-order valence-electron chi connectivity index (χ2n) is 5.31. The highest BCUT2D eigenvalue weighted by atomic mass is 19.4. The topological polar surface area (TPSA) is 42.7 Å². The van der Waals surface area contributed by atoms with Crippen molar-refractivity contribution in [2.24, 2.45) is 0 Å². The SMILES string of the molecule is FC(F)(F)C1CCCn2nc(C3CCNCC3)nc21. The first kappa shape index (κ1) is 12.9. The molecule has 0 bridgehead atoms. The second-order valence-corrected chi connectivity index (χ2v) is 5.31. The molecule has 1 aromatic heterocycles. The lowest BCUT2D eigenvalue weighted by molar-refractivity contribution is -0.156. The highest BCUT2D eigenvalue weighted by Gasteiger charge is 2.45. The molecule has 7 heteroatoms. The Kier molecular flexibility index (Phi) is 3.24. The third-order valence-electron chi connectivity index (χ3n) is 3.99. The molecule has 0 amide bonds. The summed E-state index contributed by atoms with van der Waals surface area (Å²) in [6.45, 7) is 2.33. The van der Waals surface area contributed by atoms with Crippen LogP contribution in [0.5, 0.6) is 0 Å². The van der Waals surface area contributed by atoms with Crippen molar-refractivity contribution in [2.75, 3.05) is 13.1 Å². The van der Waals surface area contributed by atoms with Gasteiger partial charge in [-0.25, -0.2) is 9.67 Å². The number of hydrogen-bond donors (Lipinski definition) is 1. The number of aryl methyl sites for hydroxylation is 1. The maximum atomic E-state index is 13.0. The van der Waals surface area contributed by atoms with Gasteiger partial charge in [0, 0.05) is 12.5 Å². The number of halogens is 3. The van der Waals surface area contributed by atoms with E-state index in [2.05, 4.69) is 15.4 Å². The zero-order valence-corrected chi connectivity index (χ0v) is 10.6. The molecular formula is C12H17F3N4.